The summed E-state index contributed by atoms with van der Waals surface area (Å²) < 4.78 is 2.73. The highest BCUT2D eigenvalue weighted by molar-refractivity contribution is 7.71. The van der Waals surface area contributed by atoms with Gasteiger partial charge in [0, 0.05) is 4.88 Å². The highest BCUT2D eigenvalue weighted by atomic mass is 32.1. The maximum Gasteiger partial charge on any atom is 0.195 e. The van der Waals surface area contributed by atoms with Crippen LogP contribution in [0.3, 0.4) is 0 Å². The molecule has 2 aromatic heterocycles. The molecule has 0 saturated heterocycles. The predicted molar refractivity (Wildman–Crippen MR) is 64.9 cm³/mol. The van der Waals surface area contributed by atoms with E-state index in [-0.39, 0.29) is 0 Å². The average Bonchev–Trinajstić information content (AvgIpc) is 2.79. The van der Waals surface area contributed by atoms with Crippen LogP contribution in [0, 0.1) is 11.7 Å². The molecule has 0 bridgehead atoms. The fraction of sp³-hybridized carbons (Fsp3) is 0.400. The molecule has 15 heavy (non-hydrogen) atoms. The SMILES string of the molecule is CCc1ccsc1Cn1c(C)n[nH]c1=S. The number of thiophene rings is 1. The van der Waals surface area contributed by atoms with E-state index in [4.69, 9.17) is 12.2 Å². The molecule has 0 radical (unpaired) electrons. The maximum absolute atomic E-state index is 5.17. The molecule has 0 aliphatic heterocycles. The van der Waals surface area contributed by atoms with E-state index in [1.165, 1.54) is 10.4 Å². The normalized spacial score (nSPS) is 10.8. The second kappa shape index (κ2) is 4.28. The highest BCUT2D eigenvalue weighted by Crippen LogP contribution is 2.19. The number of aromatic nitrogens is 3. The fourth-order valence-corrected chi connectivity index (χ4v) is 2.75. The van der Waals surface area contributed by atoms with E-state index in [1.807, 2.05) is 11.5 Å². The third-order valence-corrected chi connectivity index (χ3v) is 3.73. The molecule has 0 aliphatic carbocycles. The Balaban J connectivity index is 2.33. The van der Waals surface area contributed by atoms with Crippen molar-refractivity contribution in [2.75, 3.05) is 0 Å². The zero-order valence-corrected chi connectivity index (χ0v) is 10.4. The van der Waals surface area contributed by atoms with Gasteiger partial charge in [-0.2, -0.15) is 5.10 Å². The molecule has 1 N–H and O–H groups in total. The smallest absolute Gasteiger partial charge is 0.195 e. The van der Waals surface area contributed by atoms with Gasteiger partial charge in [0.2, 0.25) is 0 Å². The summed E-state index contributed by atoms with van der Waals surface area (Å²) in [5.74, 6) is 0.940. The molecule has 0 saturated carbocycles. The zero-order valence-electron chi connectivity index (χ0n) is 8.78. The molecule has 2 rings (SSSR count). The summed E-state index contributed by atoms with van der Waals surface area (Å²) in [6.45, 7) is 4.97. The first kappa shape index (κ1) is 10.6. The van der Waals surface area contributed by atoms with Gasteiger partial charge in [-0.25, -0.2) is 0 Å². The number of nitrogens with zero attached hydrogens (tertiary/aromatic N) is 2. The van der Waals surface area contributed by atoms with Gasteiger partial charge in [0.15, 0.2) is 4.77 Å². The molecule has 80 valence electrons. The van der Waals surface area contributed by atoms with Crippen LogP contribution in [0.2, 0.25) is 0 Å². The van der Waals surface area contributed by atoms with Crippen molar-refractivity contribution in [1.29, 1.82) is 0 Å². The quantitative estimate of drug-likeness (QED) is 0.836. The number of H-pyrrole nitrogens is 1. The number of aryl methyl sites for hydroxylation is 2. The van der Waals surface area contributed by atoms with E-state index in [9.17, 15) is 0 Å². The molecule has 0 unspecified atom stereocenters. The molecule has 0 aromatic carbocycles. The second-order valence-electron chi connectivity index (χ2n) is 3.38. The first-order chi connectivity index (χ1) is 7.22. The predicted octanol–water partition coefficient (Wildman–Crippen LogP) is 2.92. The molecule has 5 heteroatoms. The summed E-state index contributed by atoms with van der Waals surface area (Å²) in [5, 5.41) is 9.04. The van der Waals surface area contributed by atoms with Crippen molar-refractivity contribution in [2.45, 2.75) is 26.8 Å². The topological polar surface area (TPSA) is 33.6 Å². The van der Waals surface area contributed by atoms with Crippen LogP contribution >= 0.6 is 23.6 Å². The molecule has 0 amide bonds. The first-order valence-corrected chi connectivity index (χ1v) is 6.18. The van der Waals surface area contributed by atoms with E-state index in [0.717, 1.165) is 18.8 Å². The molecule has 2 heterocycles. The highest BCUT2D eigenvalue weighted by Gasteiger charge is 2.06. The van der Waals surface area contributed by atoms with Crippen molar-refractivity contribution in [2.24, 2.45) is 0 Å². The third-order valence-electron chi connectivity index (χ3n) is 2.47. The Kier molecular flexibility index (Phi) is 3.02. The Morgan fingerprint density at radius 3 is 3.00 bits per heavy atom. The van der Waals surface area contributed by atoms with Gasteiger partial charge in [-0.05, 0) is 42.6 Å². The summed E-state index contributed by atoms with van der Waals surface area (Å²) in [6, 6.07) is 2.18. The minimum Gasteiger partial charge on any atom is -0.299 e. The van der Waals surface area contributed by atoms with Crippen LogP contribution in [-0.4, -0.2) is 14.8 Å². The summed E-state index contributed by atoms with van der Waals surface area (Å²) in [4.78, 5) is 1.37. The Labute approximate surface area is 97.8 Å². The van der Waals surface area contributed by atoms with Crippen molar-refractivity contribution in [3.05, 3.63) is 32.5 Å². The van der Waals surface area contributed by atoms with Gasteiger partial charge in [0.05, 0.1) is 6.54 Å². The standard InChI is InChI=1S/C10H13N3S2/c1-3-8-4-5-15-9(8)6-13-7(2)11-12-10(13)14/h4-5H,3,6H2,1-2H3,(H,12,14). The molecule has 0 aliphatic rings. The van der Waals surface area contributed by atoms with Gasteiger partial charge in [0.25, 0.3) is 0 Å². The Bertz CT molecular complexity index is 507. The second-order valence-corrected chi connectivity index (χ2v) is 4.77. The van der Waals surface area contributed by atoms with Gasteiger partial charge in [-0.1, -0.05) is 6.92 Å². The molecular formula is C10H13N3S2. The van der Waals surface area contributed by atoms with Crippen molar-refractivity contribution in [1.82, 2.24) is 14.8 Å². The van der Waals surface area contributed by atoms with Gasteiger partial charge >= 0.3 is 0 Å². The van der Waals surface area contributed by atoms with Gasteiger partial charge < -0.3 is 0 Å². The number of nitrogens with one attached hydrogen (secondary N) is 1. The van der Waals surface area contributed by atoms with Crippen LogP contribution in [0.4, 0.5) is 0 Å². The third kappa shape index (κ3) is 2.03. The van der Waals surface area contributed by atoms with Gasteiger partial charge in [-0.15, -0.1) is 11.3 Å². The zero-order chi connectivity index (χ0) is 10.8. The summed E-state index contributed by atoms with van der Waals surface area (Å²) in [7, 11) is 0. The lowest BCUT2D eigenvalue weighted by atomic mass is 10.2. The Morgan fingerprint density at radius 1 is 1.60 bits per heavy atom. The molecule has 0 atom stereocenters. The summed E-state index contributed by atoms with van der Waals surface area (Å²) in [5.41, 5.74) is 1.41. The molecule has 2 aromatic rings. The van der Waals surface area contributed by atoms with Gasteiger partial charge in [0.1, 0.15) is 5.82 Å². The monoisotopic (exact) mass is 239 g/mol. The van der Waals surface area contributed by atoms with E-state index in [2.05, 4.69) is 28.6 Å². The molecular weight excluding hydrogens is 226 g/mol. The van der Waals surface area contributed by atoms with E-state index in [1.54, 1.807) is 11.3 Å². The van der Waals surface area contributed by atoms with Crippen LogP contribution in [0.1, 0.15) is 23.2 Å². The number of hydrogen-bond acceptors (Lipinski definition) is 3. The largest absolute Gasteiger partial charge is 0.299 e. The Morgan fingerprint density at radius 2 is 2.40 bits per heavy atom. The lowest BCUT2D eigenvalue weighted by Crippen LogP contribution is -2.02. The van der Waals surface area contributed by atoms with Crippen LogP contribution in [0.15, 0.2) is 11.4 Å². The maximum atomic E-state index is 5.17. The molecule has 0 fully saturated rings. The summed E-state index contributed by atoms with van der Waals surface area (Å²) in [6.07, 6.45) is 1.07. The molecule has 0 spiro atoms. The number of aromatic amines is 1. The van der Waals surface area contributed by atoms with Crippen molar-refractivity contribution in [3.63, 3.8) is 0 Å². The number of rotatable bonds is 3. The van der Waals surface area contributed by atoms with Crippen LogP contribution in [0.25, 0.3) is 0 Å². The van der Waals surface area contributed by atoms with Crippen molar-refractivity contribution < 1.29 is 0 Å². The van der Waals surface area contributed by atoms with Crippen LogP contribution < -0.4 is 0 Å². The summed E-state index contributed by atoms with van der Waals surface area (Å²) >= 11 is 6.96. The number of hydrogen-bond donors (Lipinski definition) is 1. The fourth-order valence-electron chi connectivity index (χ4n) is 1.55. The van der Waals surface area contributed by atoms with Gasteiger partial charge in [-0.3, -0.25) is 9.67 Å². The minimum absolute atomic E-state index is 0.697. The Hall–Kier alpha value is -0.940. The van der Waals surface area contributed by atoms with Crippen LogP contribution in [0.5, 0.6) is 0 Å². The average molecular weight is 239 g/mol. The van der Waals surface area contributed by atoms with Crippen LogP contribution in [-0.2, 0) is 13.0 Å². The lowest BCUT2D eigenvalue weighted by Gasteiger charge is -2.03. The van der Waals surface area contributed by atoms with E-state index < -0.39 is 0 Å². The van der Waals surface area contributed by atoms with E-state index in [0.29, 0.717) is 4.77 Å². The first-order valence-electron chi connectivity index (χ1n) is 4.89. The molecule has 3 nitrogen and oxygen atoms in total. The van der Waals surface area contributed by atoms with Crippen molar-refractivity contribution >= 4 is 23.6 Å². The van der Waals surface area contributed by atoms with E-state index >= 15 is 0 Å². The minimum atomic E-state index is 0.697. The lowest BCUT2D eigenvalue weighted by molar-refractivity contribution is 0.755. The van der Waals surface area contributed by atoms with Crippen molar-refractivity contribution in [3.8, 4) is 0 Å².